The van der Waals surface area contributed by atoms with Gasteiger partial charge in [0.1, 0.15) is 17.4 Å². The molecule has 164 valence electrons. The Morgan fingerprint density at radius 3 is 2.41 bits per heavy atom. The molecule has 0 aliphatic carbocycles. The van der Waals surface area contributed by atoms with Crippen LogP contribution in [0.2, 0.25) is 0 Å². The minimum atomic E-state index is -0.769. The molecule has 0 radical (unpaired) electrons. The van der Waals surface area contributed by atoms with Gasteiger partial charge in [-0.15, -0.1) is 0 Å². The number of halogens is 2. The fourth-order valence-corrected chi connectivity index (χ4v) is 3.55. The fraction of sp³-hybridized carbons (Fsp3) is 0.167. The van der Waals surface area contributed by atoms with E-state index in [4.69, 9.17) is 4.74 Å². The molecule has 1 heterocycles. The Bertz CT molecular complexity index is 1130. The zero-order valence-corrected chi connectivity index (χ0v) is 17.3. The van der Waals surface area contributed by atoms with Crippen molar-refractivity contribution in [2.75, 3.05) is 10.6 Å². The number of ether oxygens (including phenoxy) is 1. The molecule has 32 heavy (non-hydrogen) atoms. The first-order valence-electron chi connectivity index (χ1n) is 10.0. The van der Waals surface area contributed by atoms with Crippen molar-refractivity contribution in [2.45, 2.75) is 26.1 Å². The van der Waals surface area contributed by atoms with Crippen LogP contribution in [0.3, 0.4) is 0 Å². The van der Waals surface area contributed by atoms with Crippen LogP contribution >= 0.6 is 0 Å². The predicted molar refractivity (Wildman–Crippen MR) is 116 cm³/mol. The Labute approximate surface area is 183 Å². The molecule has 0 saturated carbocycles. The van der Waals surface area contributed by atoms with Crippen molar-refractivity contribution in [3.05, 3.63) is 89.5 Å². The van der Waals surface area contributed by atoms with E-state index in [0.717, 1.165) is 6.07 Å². The smallest absolute Gasteiger partial charge is 0.323 e. The molecule has 4 rings (SSSR count). The minimum Gasteiger partial charge on any atom is -0.481 e. The number of amides is 3. The van der Waals surface area contributed by atoms with Crippen molar-refractivity contribution in [1.29, 1.82) is 0 Å². The average Bonchev–Trinajstić information content (AvgIpc) is 2.84. The summed E-state index contributed by atoms with van der Waals surface area (Å²) in [4.78, 5) is 26.6. The largest absolute Gasteiger partial charge is 0.481 e. The van der Waals surface area contributed by atoms with Gasteiger partial charge in [0.15, 0.2) is 6.10 Å². The number of anilines is 2. The van der Waals surface area contributed by atoms with Gasteiger partial charge in [0.25, 0.3) is 5.91 Å². The Hall–Kier alpha value is -3.94. The van der Waals surface area contributed by atoms with Gasteiger partial charge in [0.2, 0.25) is 0 Å². The molecule has 1 aliphatic rings. The number of fused-ring (bicyclic) bond motifs is 1. The highest BCUT2D eigenvalue weighted by Crippen LogP contribution is 2.29. The van der Waals surface area contributed by atoms with Crippen molar-refractivity contribution < 1.29 is 23.1 Å². The van der Waals surface area contributed by atoms with Crippen molar-refractivity contribution >= 4 is 23.3 Å². The van der Waals surface area contributed by atoms with E-state index in [0.29, 0.717) is 28.3 Å². The first-order valence-corrected chi connectivity index (χ1v) is 10.0. The summed E-state index contributed by atoms with van der Waals surface area (Å²) in [6.45, 7) is 1.80. The van der Waals surface area contributed by atoms with Crippen LogP contribution in [0.1, 0.15) is 18.1 Å². The van der Waals surface area contributed by atoms with Crippen LogP contribution in [0, 0.1) is 11.6 Å². The minimum absolute atomic E-state index is 0.0206. The number of carbonyl (C=O) groups is 2. The van der Waals surface area contributed by atoms with Crippen LogP contribution in [-0.4, -0.2) is 22.9 Å². The van der Waals surface area contributed by atoms with E-state index < -0.39 is 23.8 Å². The highest BCUT2D eigenvalue weighted by atomic mass is 19.1. The van der Waals surface area contributed by atoms with Crippen LogP contribution in [0.5, 0.6) is 5.75 Å². The highest BCUT2D eigenvalue weighted by molar-refractivity contribution is 5.99. The molecule has 0 bridgehead atoms. The number of hydrogen-bond acceptors (Lipinski definition) is 3. The zero-order chi connectivity index (χ0) is 22.7. The van der Waals surface area contributed by atoms with E-state index in [1.54, 1.807) is 37.3 Å². The number of urea groups is 1. The lowest BCUT2D eigenvalue weighted by Crippen LogP contribution is -2.37. The standard InChI is InChI=1S/C24H21F2N3O3/c1-15-23(30)29(13-16-9-18(25)12-19(26)10-16)14-17-11-21(7-8-22(17)32-15)28-24(31)27-20-5-3-2-4-6-20/h2-12,15H,13-14H2,1H3,(H2,27,28,31). The van der Waals surface area contributed by atoms with Gasteiger partial charge < -0.3 is 20.3 Å². The van der Waals surface area contributed by atoms with E-state index in [1.165, 1.54) is 17.0 Å². The van der Waals surface area contributed by atoms with Crippen molar-refractivity contribution in [3.8, 4) is 5.75 Å². The number of para-hydroxylation sites is 1. The van der Waals surface area contributed by atoms with Gasteiger partial charge in [-0.2, -0.15) is 0 Å². The number of rotatable bonds is 4. The summed E-state index contributed by atoms with van der Waals surface area (Å²) < 4.78 is 33.0. The van der Waals surface area contributed by atoms with Gasteiger partial charge in [0.05, 0.1) is 0 Å². The first kappa shape index (κ1) is 21.3. The molecule has 3 aromatic rings. The van der Waals surface area contributed by atoms with E-state index in [-0.39, 0.29) is 19.0 Å². The van der Waals surface area contributed by atoms with Crippen LogP contribution in [0.25, 0.3) is 0 Å². The van der Waals surface area contributed by atoms with Crippen LogP contribution in [0.4, 0.5) is 25.0 Å². The molecule has 2 N–H and O–H groups in total. The fourth-order valence-electron chi connectivity index (χ4n) is 3.55. The van der Waals surface area contributed by atoms with Gasteiger partial charge in [0, 0.05) is 36.1 Å². The summed E-state index contributed by atoms with van der Waals surface area (Å²) in [5.41, 5.74) is 2.16. The Kier molecular flexibility index (Phi) is 6.02. The molecule has 0 saturated heterocycles. The maximum absolute atomic E-state index is 13.6. The summed E-state index contributed by atoms with van der Waals surface area (Å²) in [5.74, 6) is -1.21. The number of hydrogen-bond donors (Lipinski definition) is 2. The molecular weight excluding hydrogens is 416 g/mol. The summed E-state index contributed by atoms with van der Waals surface area (Å²) in [5, 5.41) is 5.49. The molecule has 1 atom stereocenters. The molecule has 3 amide bonds. The molecule has 0 spiro atoms. The maximum Gasteiger partial charge on any atom is 0.323 e. The predicted octanol–water partition coefficient (Wildman–Crippen LogP) is 4.92. The number of carbonyl (C=O) groups excluding carboxylic acids is 2. The third-order valence-electron chi connectivity index (χ3n) is 4.97. The van der Waals surface area contributed by atoms with Crippen LogP contribution in [0.15, 0.2) is 66.7 Å². The van der Waals surface area contributed by atoms with Crippen molar-refractivity contribution in [3.63, 3.8) is 0 Å². The monoisotopic (exact) mass is 437 g/mol. The molecular formula is C24H21F2N3O3. The maximum atomic E-state index is 13.6. The summed E-state index contributed by atoms with van der Waals surface area (Å²) in [7, 11) is 0. The Balaban J connectivity index is 1.53. The second-order valence-electron chi connectivity index (χ2n) is 7.50. The second-order valence-corrected chi connectivity index (χ2v) is 7.50. The van der Waals surface area contributed by atoms with E-state index >= 15 is 0 Å². The molecule has 8 heteroatoms. The van der Waals surface area contributed by atoms with Crippen molar-refractivity contribution in [1.82, 2.24) is 4.90 Å². The average molecular weight is 437 g/mol. The highest BCUT2D eigenvalue weighted by Gasteiger charge is 2.28. The van der Waals surface area contributed by atoms with Gasteiger partial charge >= 0.3 is 6.03 Å². The zero-order valence-electron chi connectivity index (χ0n) is 17.3. The van der Waals surface area contributed by atoms with Gasteiger partial charge in [-0.1, -0.05) is 18.2 Å². The first-order chi connectivity index (χ1) is 15.4. The van der Waals surface area contributed by atoms with Gasteiger partial charge in [-0.05, 0) is 55.0 Å². The third-order valence-corrected chi connectivity index (χ3v) is 4.97. The molecule has 0 fully saturated rings. The van der Waals surface area contributed by atoms with Crippen LogP contribution < -0.4 is 15.4 Å². The van der Waals surface area contributed by atoms with E-state index in [2.05, 4.69) is 10.6 Å². The van der Waals surface area contributed by atoms with Crippen LogP contribution in [-0.2, 0) is 17.9 Å². The quantitative estimate of drug-likeness (QED) is 0.609. The topological polar surface area (TPSA) is 70.7 Å². The van der Waals surface area contributed by atoms with Crippen molar-refractivity contribution in [2.24, 2.45) is 0 Å². The molecule has 6 nitrogen and oxygen atoms in total. The summed E-state index contributed by atoms with van der Waals surface area (Å²) in [6, 6.07) is 16.8. The SMILES string of the molecule is CC1Oc2ccc(NC(=O)Nc3ccccc3)cc2CN(Cc2cc(F)cc(F)c2)C1=O. The molecule has 3 aromatic carbocycles. The lowest BCUT2D eigenvalue weighted by atomic mass is 10.1. The molecule has 1 aliphatic heterocycles. The summed E-state index contributed by atoms with van der Waals surface area (Å²) in [6.07, 6.45) is -0.769. The van der Waals surface area contributed by atoms with Gasteiger partial charge in [-0.3, -0.25) is 4.79 Å². The molecule has 0 aromatic heterocycles. The number of nitrogens with one attached hydrogen (secondary N) is 2. The lowest BCUT2D eigenvalue weighted by molar-refractivity contribution is -0.138. The Morgan fingerprint density at radius 1 is 1.00 bits per heavy atom. The van der Waals surface area contributed by atoms with E-state index in [9.17, 15) is 18.4 Å². The lowest BCUT2D eigenvalue weighted by Gasteiger charge is -2.22. The number of nitrogens with zero attached hydrogens (tertiary/aromatic N) is 1. The Morgan fingerprint density at radius 2 is 1.69 bits per heavy atom. The second kappa shape index (κ2) is 9.05. The third kappa shape index (κ3) is 5.03. The van der Waals surface area contributed by atoms with Gasteiger partial charge in [-0.25, -0.2) is 13.6 Å². The molecule has 1 unspecified atom stereocenters. The number of benzene rings is 3. The summed E-state index contributed by atoms with van der Waals surface area (Å²) >= 11 is 0. The van der Waals surface area contributed by atoms with E-state index in [1.807, 2.05) is 18.2 Å². The normalized spacial score (nSPS) is 15.4.